The van der Waals surface area contributed by atoms with Crippen LogP contribution >= 0.6 is 0 Å². The Morgan fingerprint density at radius 3 is 2.82 bits per heavy atom. The minimum atomic E-state index is -0.427. The standard InChI is InChI=1S/C15H13N5O2/c1-22-15(21)9-4-2-3-5-11(9)19-13-10-6-7-12(16)20-14(10)18-8-17-13/h2-8H,1H3,(H3,16,17,18,19,20). The molecule has 1 aromatic carbocycles. The smallest absolute Gasteiger partial charge is 0.339 e. The van der Waals surface area contributed by atoms with Crippen molar-refractivity contribution < 1.29 is 9.53 Å². The van der Waals surface area contributed by atoms with Gasteiger partial charge in [-0.05, 0) is 24.3 Å². The molecule has 0 atom stereocenters. The number of ether oxygens (including phenoxy) is 1. The zero-order valence-corrected chi connectivity index (χ0v) is 11.8. The quantitative estimate of drug-likeness (QED) is 0.713. The zero-order chi connectivity index (χ0) is 15.5. The van der Waals surface area contributed by atoms with Crippen LogP contribution in [0.25, 0.3) is 11.0 Å². The number of pyridine rings is 1. The van der Waals surface area contributed by atoms with E-state index in [2.05, 4.69) is 20.3 Å². The molecule has 2 heterocycles. The van der Waals surface area contributed by atoms with Gasteiger partial charge in [0, 0.05) is 0 Å². The highest BCUT2D eigenvalue weighted by molar-refractivity contribution is 5.98. The number of hydrogen-bond donors (Lipinski definition) is 2. The largest absolute Gasteiger partial charge is 0.465 e. The molecule has 3 aromatic rings. The minimum absolute atomic E-state index is 0.382. The van der Waals surface area contributed by atoms with Gasteiger partial charge < -0.3 is 15.8 Å². The summed E-state index contributed by atoms with van der Waals surface area (Å²) >= 11 is 0. The number of nitrogens with one attached hydrogen (secondary N) is 1. The molecule has 0 aliphatic rings. The first-order chi connectivity index (χ1) is 10.7. The Kier molecular flexibility index (Phi) is 3.53. The average molecular weight is 295 g/mol. The lowest BCUT2D eigenvalue weighted by molar-refractivity contribution is 0.0602. The number of carbonyl (C=O) groups is 1. The molecule has 0 fully saturated rings. The molecule has 3 rings (SSSR count). The second kappa shape index (κ2) is 5.65. The van der Waals surface area contributed by atoms with Crippen molar-refractivity contribution in [3.05, 3.63) is 48.3 Å². The third-order valence-corrected chi connectivity index (χ3v) is 3.10. The molecule has 0 aliphatic heterocycles. The fourth-order valence-corrected chi connectivity index (χ4v) is 2.06. The van der Waals surface area contributed by atoms with Gasteiger partial charge in [0.2, 0.25) is 0 Å². The lowest BCUT2D eigenvalue weighted by atomic mass is 10.1. The van der Waals surface area contributed by atoms with Crippen molar-refractivity contribution in [3.8, 4) is 0 Å². The molecule has 0 saturated carbocycles. The normalized spacial score (nSPS) is 10.4. The minimum Gasteiger partial charge on any atom is -0.465 e. The second-order valence-corrected chi connectivity index (χ2v) is 4.49. The Bertz CT molecular complexity index is 850. The number of para-hydroxylation sites is 1. The molecule has 110 valence electrons. The van der Waals surface area contributed by atoms with Crippen LogP contribution in [0, 0.1) is 0 Å². The van der Waals surface area contributed by atoms with Gasteiger partial charge in [-0.15, -0.1) is 0 Å². The van der Waals surface area contributed by atoms with Crippen LogP contribution in [0.3, 0.4) is 0 Å². The molecular formula is C15H13N5O2. The third kappa shape index (κ3) is 2.51. The number of anilines is 3. The van der Waals surface area contributed by atoms with Gasteiger partial charge >= 0.3 is 5.97 Å². The fraction of sp³-hybridized carbons (Fsp3) is 0.0667. The van der Waals surface area contributed by atoms with E-state index in [-0.39, 0.29) is 0 Å². The second-order valence-electron chi connectivity index (χ2n) is 4.49. The number of methoxy groups -OCH3 is 1. The number of nitrogen functional groups attached to an aromatic ring is 1. The molecule has 0 radical (unpaired) electrons. The van der Waals surface area contributed by atoms with Crippen molar-refractivity contribution in [2.45, 2.75) is 0 Å². The molecular weight excluding hydrogens is 282 g/mol. The van der Waals surface area contributed by atoms with Crippen molar-refractivity contribution >= 4 is 34.3 Å². The molecule has 3 N–H and O–H groups in total. The van der Waals surface area contributed by atoms with Gasteiger partial charge in [-0.2, -0.15) is 0 Å². The number of nitrogens with two attached hydrogens (primary N) is 1. The number of hydrogen-bond acceptors (Lipinski definition) is 7. The maximum Gasteiger partial charge on any atom is 0.339 e. The first-order valence-corrected chi connectivity index (χ1v) is 6.50. The van der Waals surface area contributed by atoms with E-state index in [0.29, 0.717) is 33.9 Å². The zero-order valence-electron chi connectivity index (χ0n) is 11.8. The maximum absolute atomic E-state index is 11.8. The van der Waals surface area contributed by atoms with Gasteiger partial charge in [0.15, 0.2) is 5.65 Å². The number of aromatic nitrogens is 3. The van der Waals surface area contributed by atoms with E-state index in [1.807, 2.05) is 6.07 Å². The van der Waals surface area contributed by atoms with Crippen LogP contribution in [-0.4, -0.2) is 28.0 Å². The Balaban J connectivity index is 2.06. The molecule has 0 aliphatic carbocycles. The summed E-state index contributed by atoms with van der Waals surface area (Å²) in [6.07, 6.45) is 1.39. The van der Waals surface area contributed by atoms with E-state index in [1.54, 1.807) is 30.3 Å². The van der Waals surface area contributed by atoms with Crippen LogP contribution in [0.5, 0.6) is 0 Å². The van der Waals surface area contributed by atoms with E-state index in [0.717, 1.165) is 0 Å². The molecule has 0 spiro atoms. The van der Waals surface area contributed by atoms with E-state index >= 15 is 0 Å². The Morgan fingerprint density at radius 2 is 2.00 bits per heavy atom. The summed E-state index contributed by atoms with van der Waals surface area (Å²) < 4.78 is 4.78. The molecule has 2 aromatic heterocycles. The maximum atomic E-state index is 11.8. The van der Waals surface area contributed by atoms with Crippen LogP contribution in [-0.2, 0) is 4.74 Å². The molecule has 0 unspecified atom stereocenters. The molecule has 7 heteroatoms. The third-order valence-electron chi connectivity index (χ3n) is 3.10. The van der Waals surface area contributed by atoms with E-state index in [4.69, 9.17) is 10.5 Å². The SMILES string of the molecule is COC(=O)c1ccccc1Nc1ncnc2nc(N)ccc12. The van der Waals surface area contributed by atoms with E-state index in [1.165, 1.54) is 13.4 Å². The summed E-state index contributed by atoms with van der Waals surface area (Å²) in [5.74, 6) is 0.491. The first-order valence-electron chi connectivity index (χ1n) is 6.50. The monoisotopic (exact) mass is 295 g/mol. The topological polar surface area (TPSA) is 103 Å². The van der Waals surface area contributed by atoms with Crippen molar-refractivity contribution in [1.29, 1.82) is 0 Å². The number of benzene rings is 1. The summed E-state index contributed by atoms with van der Waals surface area (Å²) in [7, 11) is 1.34. The van der Waals surface area contributed by atoms with Crippen LogP contribution in [0.4, 0.5) is 17.3 Å². The molecule has 0 bridgehead atoms. The Hall–Kier alpha value is -3.22. The summed E-state index contributed by atoms with van der Waals surface area (Å²) in [6.45, 7) is 0. The Labute approximate surface area is 126 Å². The predicted octanol–water partition coefficient (Wildman–Crippen LogP) is 2.14. The van der Waals surface area contributed by atoms with Gasteiger partial charge in [0.05, 0.1) is 23.7 Å². The predicted molar refractivity (Wildman–Crippen MR) is 82.8 cm³/mol. The van der Waals surface area contributed by atoms with Crippen molar-refractivity contribution in [1.82, 2.24) is 15.0 Å². The number of nitrogens with zero attached hydrogens (tertiary/aromatic N) is 3. The Morgan fingerprint density at radius 1 is 1.18 bits per heavy atom. The van der Waals surface area contributed by atoms with Crippen LogP contribution < -0.4 is 11.1 Å². The number of fused-ring (bicyclic) bond motifs is 1. The van der Waals surface area contributed by atoms with Crippen LogP contribution in [0.1, 0.15) is 10.4 Å². The number of esters is 1. The van der Waals surface area contributed by atoms with Gasteiger partial charge in [-0.25, -0.2) is 19.7 Å². The number of rotatable bonds is 3. The molecule has 0 amide bonds. The van der Waals surface area contributed by atoms with Gasteiger partial charge in [-0.3, -0.25) is 0 Å². The average Bonchev–Trinajstić information content (AvgIpc) is 2.54. The van der Waals surface area contributed by atoms with Crippen LogP contribution in [0.2, 0.25) is 0 Å². The lowest BCUT2D eigenvalue weighted by Crippen LogP contribution is -2.06. The van der Waals surface area contributed by atoms with Gasteiger partial charge in [0.25, 0.3) is 0 Å². The highest BCUT2D eigenvalue weighted by Crippen LogP contribution is 2.25. The fourth-order valence-electron chi connectivity index (χ4n) is 2.06. The summed E-state index contributed by atoms with van der Waals surface area (Å²) in [4.78, 5) is 24.2. The first kappa shape index (κ1) is 13.7. The van der Waals surface area contributed by atoms with Gasteiger partial charge in [0.1, 0.15) is 18.0 Å². The molecule has 0 saturated heterocycles. The highest BCUT2D eigenvalue weighted by atomic mass is 16.5. The summed E-state index contributed by atoms with van der Waals surface area (Å²) in [5, 5.41) is 3.82. The van der Waals surface area contributed by atoms with E-state index in [9.17, 15) is 4.79 Å². The van der Waals surface area contributed by atoms with E-state index < -0.39 is 5.97 Å². The summed E-state index contributed by atoms with van der Waals surface area (Å²) in [5.41, 5.74) is 7.14. The molecule has 22 heavy (non-hydrogen) atoms. The molecule has 7 nitrogen and oxygen atoms in total. The number of carbonyl (C=O) groups excluding carboxylic acids is 1. The van der Waals surface area contributed by atoms with Crippen molar-refractivity contribution in [2.75, 3.05) is 18.2 Å². The van der Waals surface area contributed by atoms with Crippen molar-refractivity contribution in [3.63, 3.8) is 0 Å². The van der Waals surface area contributed by atoms with Crippen molar-refractivity contribution in [2.24, 2.45) is 0 Å². The van der Waals surface area contributed by atoms with Gasteiger partial charge in [-0.1, -0.05) is 12.1 Å². The lowest BCUT2D eigenvalue weighted by Gasteiger charge is -2.11. The van der Waals surface area contributed by atoms with Crippen LogP contribution in [0.15, 0.2) is 42.7 Å². The summed E-state index contributed by atoms with van der Waals surface area (Å²) in [6, 6.07) is 10.5. The highest BCUT2D eigenvalue weighted by Gasteiger charge is 2.13.